The first-order chi connectivity index (χ1) is 21.7. The fourth-order valence-electron chi connectivity index (χ4n) is 4.63. The number of benzene rings is 2. The number of anilines is 3. The van der Waals surface area contributed by atoms with E-state index in [9.17, 15) is 9.59 Å². The van der Waals surface area contributed by atoms with Crippen molar-refractivity contribution < 1.29 is 14.3 Å². The number of fused-ring (bicyclic) bond motifs is 1. The molecule has 0 bridgehead atoms. The summed E-state index contributed by atoms with van der Waals surface area (Å²) in [6.07, 6.45) is 6.56. The summed E-state index contributed by atoms with van der Waals surface area (Å²) in [5, 5.41) is 6.84. The molecular weight excluding hydrogens is 594 g/mol. The Labute approximate surface area is 265 Å². The Morgan fingerprint density at radius 1 is 1.02 bits per heavy atom. The molecule has 0 radical (unpaired) electrons. The van der Waals surface area contributed by atoms with Gasteiger partial charge in [0.1, 0.15) is 23.0 Å². The van der Waals surface area contributed by atoms with Crippen molar-refractivity contribution in [3.8, 4) is 22.6 Å². The predicted octanol–water partition coefficient (Wildman–Crippen LogP) is 5.37. The zero-order chi connectivity index (χ0) is 31.9. The van der Waals surface area contributed by atoms with Gasteiger partial charge in [0.2, 0.25) is 11.9 Å². The van der Waals surface area contributed by atoms with Gasteiger partial charge < -0.3 is 25.0 Å². The number of aromatic nitrogens is 4. The molecule has 0 saturated carbocycles. The molecule has 0 fully saturated rings. The fourth-order valence-corrected chi connectivity index (χ4v) is 4.92. The monoisotopic (exact) mass is 625 g/mol. The smallest absolute Gasteiger partial charge is 0.260 e. The minimum absolute atomic E-state index is 0.141. The first-order valence-electron chi connectivity index (χ1n) is 14.0. The molecule has 0 aliphatic carbocycles. The number of hydrogen-bond acceptors (Lipinski definition) is 9. The highest BCUT2D eigenvalue weighted by molar-refractivity contribution is 6.35. The van der Waals surface area contributed by atoms with Gasteiger partial charge >= 0.3 is 0 Å². The number of likely N-dealkylation sites (N-methyl/N-ethyl adjacent to an activating group) is 1. The lowest BCUT2D eigenvalue weighted by Gasteiger charge is -2.16. The van der Waals surface area contributed by atoms with E-state index in [1.165, 1.54) is 20.3 Å². The number of hydrogen-bond donors (Lipinski definition) is 2. The molecule has 0 spiro atoms. The second-order valence-corrected chi connectivity index (χ2v) is 10.7. The number of rotatable bonds is 11. The average molecular weight is 626 g/mol. The molecule has 0 aliphatic rings. The number of methoxy groups -OCH3 is 2. The molecule has 11 nitrogen and oxygen atoms in total. The highest BCUT2D eigenvalue weighted by atomic mass is 35.5. The minimum atomic E-state index is -0.344. The molecule has 0 aliphatic heterocycles. The Morgan fingerprint density at radius 2 is 1.87 bits per heavy atom. The van der Waals surface area contributed by atoms with Crippen molar-refractivity contribution >= 4 is 46.0 Å². The van der Waals surface area contributed by atoms with Crippen LogP contribution in [-0.2, 0) is 11.3 Å². The maximum Gasteiger partial charge on any atom is 0.260 e. The summed E-state index contributed by atoms with van der Waals surface area (Å²) < 4.78 is 12.5. The van der Waals surface area contributed by atoms with Crippen LogP contribution in [0.3, 0.4) is 0 Å². The molecule has 12 heteroatoms. The Bertz CT molecular complexity index is 1930. The number of nitrogens with zero attached hydrogens (tertiary/aromatic N) is 5. The quantitative estimate of drug-likeness (QED) is 0.186. The number of carbonyl (C=O) groups excluding carboxylic acids is 1. The van der Waals surface area contributed by atoms with Crippen LogP contribution in [0.5, 0.6) is 11.5 Å². The van der Waals surface area contributed by atoms with Crippen molar-refractivity contribution in [1.82, 2.24) is 24.4 Å². The lowest BCUT2D eigenvalue weighted by Crippen LogP contribution is -2.24. The van der Waals surface area contributed by atoms with E-state index in [0.29, 0.717) is 51.7 Å². The van der Waals surface area contributed by atoms with Gasteiger partial charge in [-0.05, 0) is 56.1 Å². The van der Waals surface area contributed by atoms with E-state index in [4.69, 9.17) is 26.1 Å². The van der Waals surface area contributed by atoms with Crippen LogP contribution >= 0.6 is 11.6 Å². The highest BCUT2D eigenvalue weighted by Crippen LogP contribution is 2.38. The third kappa shape index (κ3) is 7.46. The van der Waals surface area contributed by atoms with Crippen LogP contribution in [0.1, 0.15) is 5.56 Å². The zero-order valence-corrected chi connectivity index (χ0v) is 26.0. The second kappa shape index (κ2) is 14.0. The van der Waals surface area contributed by atoms with E-state index >= 15 is 0 Å². The Balaban J connectivity index is 1.60. The van der Waals surface area contributed by atoms with Gasteiger partial charge in [-0.2, -0.15) is 4.98 Å². The summed E-state index contributed by atoms with van der Waals surface area (Å²) in [6.45, 7) is 0.782. The lowest BCUT2D eigenvalue weighted by atomic mass is 10.0. The van der Waals surface area contributed by atoms with Crippen LogP contribution in [0, 0.1) is 0 Å². The van der Waals surface area contributed by atoms with Crippen molar-refractivity contribution in [2.24, 2.45) is 0 Å². The van der Waals surface area contributed by atoms with E-state index < -0.39 is 0 Å². The van der Waals surface area contributed by atoms with Gasteiger partial charge in [0.25, 0.3) is 5.56 Å². The van der Waals surface area contributed by atoms with Gasteiger partial charge in [-0.25, -0.2) is 9.97 Å². The summed E-state index contributed by atoms with van der Waals surface area (Å²) in [5.74, 6) is 1.42. The fraction of sp³-hybridized carbons (Fsp3) is 0.182. The third-order valence-corrected chi connectivity index (χ3v) is 7.16. The number of nitrogens with one attached hydrogen (secondary N) is 2. The largest absolute Gasteiger partial charge is 0.497 e. The van der Waals surface area contributed by atoms with Gasteiger partial charge in [0.15, 0.2) is 0 Å². The topological polar surface area (TPSA) is 124 Å². The molecule has 2 aromatic carbocycles. The van der Waals surface area contributed by atoms with Crippen LogP contribution in [-0.4, -0.2) is 65.2 Å². The van der Waals surface area contributed by atoms with Crippen LogP contribution in [0.15, 0.2) is 90.0 Å². The van der Waals surface area contributed by atoms with Crippen LogP contribution < -0.4 is 25.7 Å². The van der Waals surface area contributed by atoms with Gasteiger partial charge in [-0.3, -0.25) is 14.2 Å². The van der Waals surface area contributed by atoms with E-state index in [2.05, 4.69) is 20.6 Å². The summed E-state index contributed by atoms with van der Waals surface area (Å²) in [6, 6.07) is 17.8. The predicted molar refractivity (Wildman–Crippen MR) is 177 cm³/mol. The summed E-state index contributed by atoms with van der Waals surface area (Å²) >= 11 is 6.72. The van der Waals surface area contributed by atoms with Crippen LogP contribution in [0.2, 0.25) is 5.02 Å². The van der Waals surface area contributed by atoms with Gasteiger partial charge in [-0.15, -0.1) is 0 Å². The van der Waals surface area contributed by atoms with Gasteiger partial charge in [0.05, 0.1) is 25.8 Å². The molecule has 1 amide bonds. The third-order valence-electron chi connectivity index (χ3n) is 6.77. The van der Waals surface area contributed by atoms with E-state index in [1.54, 1.807) is 59.4 Å². The summed E-state index contributed by atoms with van der Waals surface area (Å²) in [4.78, 5) is 42.2. The normalized spacial score (nSPS) is 11.2. The van der Waals surface area contributed by atoms with Crippen molar-refractivity contribution in [3.05, 3.63) is 106 Å². The maximum absolute atomic E-state index is 14.3. The molecule has 0 unspecified atom stereocenters. The first kappa shape index (κ1) is 31.2. The van der Waals surface area contributed by atoms with E-state index in [1.807, 2.05) is 43.3 Å². The minimum Gasteiger partial charge on any atom is -0.497 e. The maximum atomic E-state index is 14.3. The Hall–Kier alpha value is -5.26. The zero-order valence-electron chi connectivity index (χ0n) is 25.2. The van der Waals surface area contributed by atoms with Crippen LogP contribution in [0.25, 0.3) is 22.2 Å². The van der Waals surface area contributed by atoms with E-state index in [-0.39, 0.29) is 29.0 Å². The molecular formula is C33H32ClN7O4. The molecule has 45 heavy (non-hydrogen) atoms. The summed E-state index contributed by atoms with van der Waals surface area (Å²) in [7, 11) is 6.87. The number of amides is 1. The highest BCUT2D eigenvalue weighted by Gasteiger charge is 2.19. The molecule has 230 valence electrons. The molecule has 3 heterocycles. The standard InChI is InChI=1S/C33H32ClN7O4/c1-40(2)14-8-12-29(42)37-23-10-7-9-21(15-23)20-41-31-22(19-36-33(39-31)38-28-11-5-6-13-35-28)16-26(32(41)43)25-17-24(44-3)18-27(45-4)30(25)34/h5-13,15-19H,14,20H2,1-4H3,(H,37,42)(H,35,36,38,39)/b12-8+. The van der Waals surface area contributed by atoms with Crippen LogP contribution in [0.4, 0.5) is 17.5 Å². The SMILES string of the molecule is COc1cc(OC)c(Cl)c(-c2cc3cnc(Nc4ccccn4)nc3n(Cc3cccc(NC(=O)/C=C/CN(C)C)c3)c2=O)c1. The molecule has 3 aromatic heterocycles. The van der Waals surface area contributed by atoms with Crippen molar-refractivity contribution in [3.63, 3.8) is 0 Å². The lowest BCUT2D eigenvalue weighted by molar-refractivity contribution is -0.111. The summed E-state index contributed by atoms with van der Waals surface area (Å²) in [5.41, 5.74) is 2.16. The first-order valence-corrected chi connectivity index (χ1v) is 14.3. The van der Waals surface area contributed by atoms with Gasteiger partial charge in [-0.1, -0.05) is 35.9 Å². The van der Waals surface area contributed by atoms with Crippen molar-refractivity contribution in [2.45, 2.75) is 6.54 Å². The second-order valence-electron chi connectivity index (χ2n) is 10.3. The Morgan fingerprint density at radius 3 is 2.60 bits per heavy atom. The Kier molecular flexibility index (Phi) is 9.71. The molecule has 2 N–H and O–H groups in total. The van der Waals surface area contributed by atoms with Crippen molar-refractivity contribution in [1.29, 1.82) is 0 Å². The van der Waals surface area contributed by atoms with E-state index in [0.717, 1.165) is 5.56 Å². The number of halogens is 1. The molecule has 0 saturated heterocycles. The average Bonchev–Trinajstić information content (AvgIpc) is 3.03. The number of ether oxygens (including phenoxy) is 2. The number of pyridine rings is 2. The van der Waals surface area contributed by atoms with Gasteiger partial charge in [0, 0.05) is 53.3 Å². The van der Waals surface area contributed by atoms with Crippen molar-refractivity contribution in [2.75, 3.05) is 45.5 Å². The molecule has 5 rings (SSSR count). The molecule has 5 aromatic rings. The number of carbonyl (C=O) groups is 1. The molecule has 0 atom stereocenters.